The second-order valence-corrected chi connectivity index (χ2v) is 7.19. The zero-order valence-corrected chi connectivity index (χ0v) is 17.4. The third-order valence-corrected chi connectivity index (χ3v) is 4.97. The Hall–Kier alpha value is -2.69. The van der Waals surface area contributed by atoms with Crippen LogP contribution in [0.2, 0.25) is 0 Å². The van der Waals surface area contributed by atoms with Gasteiger partial charge < -0.3 is 10.2 Å². The average molecular weight is 399 g/mol. The van der Waals surface area contributed by atoms with Gasteiger partial charge in [-0.05, 0) is 42.5 Å². The van der Waals surface area contributed by atoms with Crippen molar-refractivity contribution >= 4 is 11.8 Å². The number of nitrogens with zero attached hydrogens (tertiary/aromatic N) is 1. The number of benzene rings is 2. The minimum absolute atomic E-state index is 0.110. The van der Waals surface area contributed by atoms with Crippen LogP contribution in [-0.4, -0.2) is 35.8 Å². The first-order valence-electron chi connectivity index (χ1n) is 10.4. The van der Waals surface area contributed by atoms with Crippen LogP contribution in [0.15, 0.2) is 54.6 Å². The van der Waals surface area contributed by atoms with Crippen molar-refractivity contribution in [2.45, 2.75) is 52.0 Å². The predicted molar refractivity (Wildman–Crippen MR) is 114 cm³/mol. The van der Waals surface area contributed by atoms with Crippen LogP contribution in [0.5, 0.6) is 0 Å². The van der Waals surface area contributed by atoms with Crippen LogP contribution in [0.4, 0.5) is 4.39 Å². The number of carbonyl (C=O) groups is 2. The van der Waals surface area contributed by atoms with Gasteiger partial charge in [-0.25, -0.2) is 4.39 Å². The molecular weight excluding hydrogens is 367 g/mol. The molecule has 2 rings (SSSR count). The monoisotopic (exact) mass is 398 g/mol. The van der Waals surface area contributed by atoms with Crippen LogP contribution in [0.1, 0.15) is 44.2 Å². The molecule has 0 heterocycles. The molecule has 0 aromatic heterocycles. The summed E-state index contributed by atoms with van der Waals surface area (Å²) in [5, 5.41) is 2.96. The van der Waals surface area contributed by atoms with Gasteiger partial charge in [0.1, 0.15) is 11.9 Å². The summed E-state index contributed by atoms with van der Waals surface area (Å²) in [5.74, 6) is -0.560. The number of rotatable bonds is 11. The molecule has 2 aromatic carbocycles. The zero-order valence-electron chi connectivity index (χ0n) is 17.4. The van der Waals surface area contributed by atoms with Crippen molar-refractivity contribution in [1.29, 1.82) is 0 Å². The summed E-state index contributed by atoms with van der Waals surface area (Å²) in [6, 6.07) is 15.4. The fourth-order valence-electron chi connectivity index (χ4n) is 3.28. The van der Waals surface area contributed by atoms with Crippen LogP contribution in [0, 0.1) is 5.82 Å². The smallest absolute Gasteiger partial charge is 0.242 e. The molecule has 0 radical (unpaired) electrons. The quantitative estimate of drug-likeness (QED) is 0.579. The summed E-state index contributed by atoms with van der Waals surface area (Å²) >= 11 is 0. The lowest BCUT2D eigenvalue weighted by Gasteiger charge is -2.30. The first-order chi connectivity index (χ1) is 14.0. The van der Waals surface area contributed by atoms with E-state index in [4.69, 9.17) is 0 Å². The molecule has 0 spiro atoms. The van der Waals surface area contributed by atoms with Crippen LogP contribution in [0.3, 0.4) is 0 Å². The van der Waals surface area contributed by atoms with Crippen LogP contribution in [0.25, 0.3) is 0 Å². The Bertz CT molecular complexity index is 762. The average Bonchev–Trinajstić information content (AvgIpc) is 2.73. The molecule has 1 atom stereocenters. The van der Waals surface area contributed by atoms with Gasteiger partial charge in [0.05, 0.1) is 6.42 Å². The Balaban J connectivity index is 2.14. The molecule has 0 aliphatic heterocycles. The summed E-state index contributed by atoms with van der Waals surface area (Å²) < 4.78 is 13.2. The molecule has 0 fully saturated rings. The van der Waals surface area contributed by atoms with Crippen molar-refractivity contribution < 1.29 is 14.0 Å². The number of halogens is 1. The highest BCUT2D eigenvalue weighted by atomic mass is 19.1. The van der Waals surface area contributed by atoms with Gasteiger partial charge in [0.15, 0.2) is 0 Å². The van der Waals surface area contributed by atoms with E-state index in [9.17, 15) is 14.0 Å². The van der Waals surface area contributed by atoms with Gasteiger partial charge in [-0.15, -0.1) is 0 Å². The van der Waals surface area contributed by atoms with Crippen molar-refractivity contribution in [3.63, 3.8) is 0 Å². The van der Waals surface area contributed by atoms with E-state index in [1.54, 1.807) is 17.0 Å². The number of unbranched alkanes of at least 4 members (excludes halogenated alkanes) is 1. The summed E-state index contributed by atoms with van der Waals surface area (Å²) in [4.78, 5) is 27.5. The second-order valence-electron chi connectivity index (χ2n) is 7.19. The third kappa shape index (κ3) is 7.33. The van der Waals surface area contributed by atoms with Crippen LogP contribution >= 0.6 is 0 Å². The van der Waals surface area contributed by atoms with Gasteiger partial charge in [0.2, 0.25) is 11.8 Å². The number of carbonyl (C=O) groups excluding carboxylic acids is 2. The minimum atomic E-state index is -0.511. The van der Waals surface area contributed by atoms with Gasteiger partial charge in [-0.1, -0.05) is 62.7 Å². The molecule has 156 valence electrons. The molecule has 5 heteroatoms. The fraction of sp³-hybridized carbons (Fsp3) is 0.417. The molecule has 4 nitrogen and oxygen atoms in total. The molecule has 0 aliphatic carbocycles. The zero-order chi connectivity index (χ0) is 21.1. The molecule has 0 unspecified atom stereocenters. The number of hydrogen-bond donors (Lipinski definition) is 1. The summed E-state index contributed by atoms with van der Waals surface area (Å²) in [7, 11) is 0. The summed E-state index contributed by atoms with van der Waals surface area (Å²) in [6.07, 6.45) is 3.28. The largest absolute Gasteiger partial charge is 0.354 e. The Kier molecular flexibility index (Phi) is 9.35. The van der Waals surface area contributed by atoms with Crippen molar-refractivity contribution in [2.75, 3.05) is 13.1 Å². The van der Waals surface area contributed by atoms with Gasteiger partial charge in [-0.2, -0.15) is 0 Å². The Morgan fingerprint density at radius 1 is 1.00 bits per heavy atom. The predicted octanol–water partition coefficient (Wildman–Crippen LogP) is 4.13. The highest BCUT2D eigenvalue weighted by Crippen LogP contribution is 2.13. The summed E-state index contributed by atoms with van der Waals surface area (Å²) in [5.41, 5.74) is 1.86. The lowest BCUT2D eigenvalue weighted by atomic mass is 10.1. The maximum Gasteiger partial charge on any atom is 0.242 e. The minimum Gasteiger partial charge on any atom is -0.354 e. The molecule has 0 bridgehead atoms. The van der Waals surface area contributed by atoms with Crippen molar-refractivity contribution in [2.24, 2.45) is 0 Å². The van der Waals surface area contributed by atoms with Crippen molar-refractivity contribution in [3.8, 4) is 0 Å². The van der Waals surface area contributed by atoms with Crippen LogP contribution < -0.4 is 5.32 Å². The third-order valence-electron chi connectivity index (χ3n) is 4.97. The van der Waals surface area contributed by atoms with Gasteiger partial charge in [-0.3, -0.25) is 9.59 Å². The highest BCUT2D eigenvalue weighted by molar-refractivity contribution is 5.88. The van der Waals surface area contributed by atoms with E-state index in [0.717, 1.165) is 24.0 Å². The van der Waals surface area contributed by atoms with E-state index >= 15 is 0 Å². The van der Waals surface area contributed by atoms with E-state index < -0.39 is 6.04 Å². The van der Waals surface area contributed by atoms with E-state index in [0.29, 0.717) is 25.9 Å². The van der Waals surface area contributed by atoms with Crippen molar-refractivity contribution in [1.82, 2.24) is 10.2 Å². The van der Waals surface area contributed by atoms with Gasteiger partial charge in [0.25, 0.3) is 0 Å². The lowest BCUT2D eigenvalue weighted by molar-refractivity contribution is -0.140. The van der Waals surface area contributed by atoms with E-state index in [1.807, 2.05) is 37.3 Å². The first kappa shape index (κ1) is 22.6. The number of nitrogens with one attached hydrogen (secondary N) is 1. The van der Waals surface area contributed by atoms with Gasteiger partial charge >= 0.3 is 0 Å². The molecule has 1 N–H and O–H groups in total. The van der Waals surface area contributed by atoms with E-state index in [-0.39, 0.29) is 24.1 Å². The number of amides is 2. The molecule has 0 saturated carbocycles. The summed E-state index contributed by atoms with van der Waals surface area (Å²) in [6.45, 7) is 5.07. The fourth-order valence-corrected chi connectivity index (χ4v) is 3.28. The molecule has 0 saturated heterocycles. The SMILES string of the molecule is CCCCNC(=O)[C@@H](CC)N(CCc1ccccc1)C(=O)Cc1ccc(F)cc1. The van der Waals surface area contributed by atoms with Gasteiger partial charge in [0, 0.05) is 13.1 Å². The maximum absolute atomic E-state index is 13.2. The lowest BCUT2D eigenvalue weighted by Crippen LogP contribution is -2.50. The molecule has 0 aliphatic rings. The Morgan fingerprint density at radius 3 is 2.31 bits per heavy atom. The first-order valence-corrected chi connectivity index (χ1v) is 10.4. The molecular formula is C24H31FN2O2. The normalized spacial score (nSPS) is 11.7. The van der Waals surface area contributed by atoms with E-state index in [2.05, 4.69) is 12.2 Å². The molecule has 2 amide bonds. The Morgan fingerprint density at radius 2 is 1.69 bits per heavy atom. The standard InChI is InChI=1S/C24H31FN2O2/c1-3-5-16-26-24(29)22(4-2)27(17-15-19-9-7-6-8-10-19)23(28)18-20-11-13-21(25)14-12-20/h6-14,22H,3-5,15-18H2,1-2H3,(H,26,29)/t22-/m1/s1. The van der Waals surface area contributed by atoms with Crippen molar-refractivity contribution in [3.05, 3.63) is 71.5 Å². The Labute approximate surface area is 173 Å². The number of hydrogen-bond acceptors (Lipinski definition) is 2. The highest BCUT2D eigenvalue weighted by Gasteiger charge is 2.28. The molecule has 29 heavy (non-hydrogen) atoms. The van der Waals surface area contributed by atoms with Crippen LogP contribution in [-0.2, 0) is 22.4 Å². The second kappa shape index (κ2) is 12.0. The van der Waals surface area contributed by atoms with E-state index in [1.165, 1.54) is 12.1 Å². The molecule has 2 aromatic rings. The maximum atomic E-state index is 13.2. The topological polar surface area (TPSA) is 49.4 Å².